The van der Waals surface area contributed by atoms with Crippen molar-refractivity contribution in [1.29, 1.82) is 0 Å². The third-order valence-electron chi connectivity index (χ3n) is 6.88. The van der Waals surface area contributed by atoms with Crippen LogP contribution in [0.25, 0.3) is 10.9 Å². The maximum atomic E-state index is 13.5. The molecule has 216 valence electrons. The van der Waals surface area contributed by atoms with E-state index in [4.69, 9.17) is 10.5 Å². The molecule has 0 bridgehead atoms. The number of nitrogens with one attached hydrogen (secondary N) is 3. The molecule has 1 aromatic heterocycles. The Hall–Kier alpha value is -3.60. The Kier molecular flexibility index (Phi) is 10.9. The minimum absolute atomic E-state index is 0.0293. The second-order valence-electron chi connectivity index (χ2n) is 11.0. The van der Waals surface area contributed by atoms with Gasteiger partial charge in [-0.15, -0.1) is 0 Å². The summed E-state index contributed by atoms with van der Waals surface area (Å²) < 4.78 is 5.31. The number of hydroxylamine groups is 2. The molecule has 0 aliphatic rings. The summed E-state index contributed by atoms with van der Waals surface area (Å²) >= 11 is 0. The molecule has 6 N–H and O–H groups in total. The van der Waals surface area contributed by atoms with E-state index in [9.17, 15) is 24.4 Å². The maximum Gasteiger partial charge on any atom is 0.408 e. The van der Waals surface area contributed by atoms with Crippen LogP contribution in [0.2, 0.25) is 0 Å². The van der Waals surface area contributed by atoms with E-state index >= 15 is 0 Å². The Bertz CT molecular complexity index is 1160. The molecule has 11 nitrogen and oxygen atoms in total. The fraction of sp³-hybridized carbons (Fsp3) is 0.571. The van der Waals surface area contributed by atoms with Crippen LogP contribution in [0, 0.1) is 11.8 Å². The molecule has 2 rings (SSSR count). The number of primary amides is 1. The first kappa shape index (κ1) is 31.6. The van der Waals surface area contributed by atoms with E-state index < -0.39 is 53.5 Å². The van der Waals surface area contributed by atoms with Crippen LogP contribution in [0.5, 0.6) is 0 Å². The Morgan fingerprint density at radius 3 is 2.18 bits per heavy atom. The predicted molar refractivity (Wildman–Crippen MR) is 148 cm³/mol. The van der Waals surface area contributed by atoms with Gasteiger partial charge >= 0.3 is 6.09 Å². The van der Waals surface area contributed by atoms with Crippen LogP contribution < -0.4 is 16.4 Å². The molecule has 1 heterocycles. The number of hydrogen-bond donors (Lipinski definition) is 5. The molecular weight excluding hydrogens is 502 g/mol. The number of fused-ring (bicyclic) bond motifs is 1. The summed E-state index contributed by atoms with van der Waals surface area (Å²) in [6, 6.07) is 3.89. The molecule has 0 saturated heterocycles. The lowest BCUT2D eigenvalue weighted by Crippen LogP contribution is -2.60. The summed E-state index contributed by atoms with van der Waals surface area (Å²) in [6.45, 7) is 12.4. The van der Waals surface area contributed by atoms with E-state index in [2.05, 4.69) is 15.6 Å². The van der Waals surface area contributed by atoms with Gasteiger partial charge in [-0.2, -0.15) is 0 Å². The third-order valence-corrected chi connectivity index (χ3v) is 6.88. The number of ether oxygens (including phenoxy) is 1. The fourth-order valence-electron chi connectivity index (χ4n) is 4.18. The highest BCUT2D eigenvalue weighted by Gasteiger charge is 2.38. The third kappa shape index (κ3) is 8.44. The van der Waals surface area contributed by atoms with E-state index in [1.54, 1.807) is 40.8 Å². The minimum atomic E-state index is -1.37. The average molecular weight is 546 g/mol. The first-order chi connectivity index (χ1) is 18.2. The van der Waals surface area contributed by atoms with Gasteiger partial charge in [-0.1, -0.05) is 58.7 Å². The van der Waals surface area contributed by atoms with Crippen molar-refractivity contribution in [3.63, 3.8) is 0 Å². The van der Waals surface area contributed by atoms with Gasteiger partial charge in [0.2, 0.25) is 11.8 Å². The number of hydrogen-bond acceptors (Lipinski definition) is 6. The molecule has 0 unspecified atom stereocenters. The van der Waals surface area contributed by atoms with E-state index in [1.165, 1.54) is 0 Å². The summed E-state index contributed by atoms with van der Waals surface area (Å²) in [5, 5.41) is 17.4. The predicted octanol–water partition coefficient (Wildman–Crippen LogP) is 3.25. The van der Waals surface area contributed by atoms with Crippen molar-refractivity contribution < 1.29 is 29.1 Å². The maximum absolute atomic E-state index is 13.5. The lowest BCUT2D eigenvalue weighted by Gasteiger charge is -2.32. The van der Waals surface area contributed by atoms with Crippen molar-refractivity contribution in [2.45, 2.75) is 91.5 Å². The van der Waals surface area contributed by atoms with Gasteiger partial charge in [0.1, 0.15) is 23.7 Å². The van der Waals surface area contributed by atoms with Gasteiger partial charge < -0.3 is 26.1 Å². The lowest BCUT2D eigenvalue weighted by molar-refractivity contribution is -0.182. The topological polar surface area (TPSA) is 167 Å². The highest BCUT2D eigenvalue weighted by atomic mass is 16.6. The Labute approximate surface area is 229 Å². The van der Waals surface area contributed by atoms with Crippen molar-refractivity contribution in [2.75, 3.05) is 0 Å². The lowest BCUT2D eigenvalue weighted by atomic mass is 9.94. The number of aromatic nitrogens is 1. The summed E-state index contributed by atoms with van der Waals surface area (Å²) in [6.07, 6.45) is 1.97. The van der Waals surface area contributed by atoms with Crippen LogP contribution in [0.4, 0.5) is 4.79 Å². The van der Waals surface area contributed by atoms with Gasteiger partial charge in [-0.3, -0.25) is 19.6 Å². The number of aromatic amines is 1. The van der Waals surface area contributed by atoms with E-state index in [1.807, 2.05) is 38.1 Å². The highest BCUT2D eigenvalue weighted by Crippen LogP contribution is 2.22. The normalized spacial score (nSPS) is 15.5. The number of carbonyl (C=O) groups excluding carboxylic acids is 4. The number of nitrogens with zero attached hydrogens (tertiary/aromatic N) is 1. The van der Waals surface area contributed by atoms with Crippen molar-refractivity contribution in [3.8, 4) is 0 Å². The largest absolute Gasteiger partial charge is 0.444 e. The van der Waals surface area contributed by atoms with Crippen LogP contribution in [0.3, 0.4) is 0 Å². The van der Waals surface area contributed by atoms with Gasteiger partial charge in [0.05, 0.1) is 0 Å². The second kappa shape index (κ2) is 13.5. The fourth-order valence-corrected chi connectivity index (χ4v) is 4.18. The van der Waals surface area contributed by atoms with E-state index in [-0.39, 0.29) is 12.3 Å². The first-order valence-corrected chi connectivity index (χ1v) is 13.4. The van der Waals surface area contributed by atoms with Gasteiger partial charge in [-0.25, -0.2) is 9.86 Å². The Morgan fingerprint density at radius 2 is 1.62 bits per heavy atom. The van der Waals surface area contributed by atoms with E-state index in [0.717, 1.165) is 10.9 Å². The summed E-state index contributed by atoms with van der Waals surface area (Å²) in [5.74, 6) is -3.06. The standard InChI is InChI=1S/C28H43N5O6/c1-8-16(3)22(32-27(37)39-28(5,6)7)25(35)31-23(17(4)9-2)26(36)33(38)21(24(29)34)14-18-15-30-20-13-11-10-12-19(18)20/h10-13,15-17,21-23,30,38H,8-9,14H2,1-7H3,(H2,29,34)(H,31,35)(H,32,37)/t16-,17-,21-,22-,23-/m0/s1. The number of benzene rings is 1. The number of nitrogens with two attached hydrogens (primary N) is 1. The number of para-hydroxylation sites is 1. The van der Waals surface area contributed by atoms with E-state index in [0.29, 0.717) is 23.5 Å². The summed E-state index contributed by atoms with van der Waals surface area (Å²) in [7, 11) is 0. The van der Waals surface area contributed by atoms with Crippen molar-refractivity contribution >= 4 is 34.7 Å². The van der Waals surface area contributed by atoms with Gasteiger partial charge in [0, 0.05) is 23.5 Å². The Morgan fingerprint density at radius 1 is 1.03 bits per heavy atom. The minimum Gasteiger partial charge on any atom is -0.444 e. The van der Waals surface area contributed by atoms with Gasteiger partial charge in [0.25, 0.3) is 5.91 Å². The van der Waals surface area contributed by atoms with Crippen LogP contribution in [-0.2, 0) is 25.5 Å². The molecule has 0 fully saturated rings. The molecule has 0 aliphatic carbocycles. The molecule has 2 aromatic rings. The zero-order valence-corrected chi connectivity index (χ0v) is 23.9. The molecule has 0 saturated carbocycles. The number of amides is 4. The Balaban J connectivity index is 2.28. The van der Waals surface area contributed by atoms with Crippen LogP contribution >= 0.6 is 0 Å². The number of alkyl carbamates (subject to hydrolysis) is 1. The molecule has 0 aliphatic heterocycles. The van der Waals surface area contributed by atoms with Crippen molar-refractivity contribution in [1.82, 2.24) is 20.7 Å². The number of carbonyl (C=O) groups is 4. The average Bonchev–Trinajstić information content (AvgIpc) is 3.28. The van der Waals surface area contributed by atoms with Crippen molar-refractivity contribution in [2.24, 2.45) is 17.6 Å². The first-order valence-electron chi connectivity index (χ1n) is 13.4. The van der Waals surface area contributed by atoms with Gasteiger partial charge in [-0.05, 0) is 44.2 Å². The zero-order chi connectivity index (χ0) is 29.5. The molecule has 11 heteroatoms. The quantitative estimate of drug-likeness (QED) is 0.203. The highest BCUT2D eigenvalue weighted by molar-refractivity contribution is 5.94. The molecule has 4 amide bonds. The SMILES string of the molecule is CC[C@H](C)[C@H](NC(=O)OC(C)(C)C)C(=O)N[C@H](C(=O)N(O)[C@@H](Cc1c[nH]c2ccccc12)C(N)=O)[C@@H](C)CC. The number of H-pyrrole nitrogens is 1. The monoisotopic (exact) mass is 545 g/mol. The summed E-state index contributed by atoms with van der Waals surface area (Å²) in [4.78, 5) is 54.8. The smallest absolute Gasteiger partial charge is 0.408 e. The second-order valence-corrected chi connectivity index (χ2v) is 11.0. The molecule has 39 heavy (non-hydrogen) atoms. The molecule has 1 aromatic carbocycles. The molecule has 5 atom stereocenters. The summed E-state index contributed by atoms with van der Waals surface area (Å²) in [5.41, 5.74) is 6.38. The van der Waals surface area contributed by atoms with Crippen LogP contribution in [-0.4, -0.2) is 62.8 Å². The molecular formula is C28H43N5O6. The number of rotatable bonds is 12. The molecule has 0 spiro atoms. The zero-order valence-electron chi connectivity index (χ0n) is 23.9. The molecule has 0 radical (unpaired) electrons. The van der Waals surface area contributed by atoms with Gasteiger partial charge in [0.15, 0.2) is 0 Å². The van der Waals surface area contributed by atoms with Crippen LogP contribution in [0.1, 0.15) is 66.9 Å². The van der Waals surface area contributed by atoms with Crippen molar-refractivity contribution in [3.05, 3.63) is 36.0 Å². The van der Waals surface area contributed by atoms with Crippen LogP contribution in [0.15, 0.2) is 30.5 Å².